The molecule has 3 heterocycles. The van der Waals surface area contributed by atoms with E-state index in [4.69, 9.17) is 9.15 Å². The number of amides is 1. The summed E-state index contributed by atoms with van der Waals surface area (Å²) in [5.74, 6) is 0.892. The zero-order valence-electron chi connectivity index (χ0n) is 13.6. The number of thiazole rings is 1. The van der Waals surface area contributed by atoms with Crippen LogP contribution in [0.15, 0.2) is 40.8 Å². The van der Waals surface area contributed by atoms with Gasteiger partial charge in [-0.1, -0.05) is 12.1 Å². The van der Waals surface area contributed by atoms with Crippen molar-refractivity contribution in [3.8, 4) is 10.8 Å². The molecular weight excluding hydrogens is 324 g/mol. The zero-order valence-corrected chi connectivity index (χ0v) is 14.4. The first-order valence-corrected chi connectivity index (χ1v) is 8.82. The number of aromatic nitrogens is 1. The van der Waals surface area contributed by atoms with Crippen molar-refractivity contribution in [3.05, 3.63) is 42.2 Å². The van der Waals surface area contributed by atoms with E-state index >= 15 is 0 Å². The molecule has 5 nitrogen and oxygen atoms in total. The molecule has 1 saturated heterocycles. The first-order valence-electron chi connectivity index (χ1n) is 8.00. The van der Waals surface area contributed by atoms with Crippen molar-refractivity contribution in [2.75, 3.05) is 13.2 Å². The molecule has 24 heavy (non-hydrogen) atoms. The molecule has 2 atom stereocenters. The van der Waals surface area contributed by atoms with E-state index in [0.29, 0.717) is 24.7 Å². The smallest absolute Gasteiger partial charge is 0.289 e. The Bertz CT molecular complexity index is 852. The van der Waals surface area contributed by atoms with Crippen LogP contribution in [0, 0.1) is 0 Å². The number of hydrogen-bond acceptors (Lipinski definition) is 5. The maximum absolute atomic E-state index is 12.7. The number of benzene rings is 1. The van der Waals surface area contributed by atoms with Crippen LogP contribution in [-0.4, -0.2) is 41.1 Å². The molecule has 0 bridgehead atoms. The van der Waals surface area contributed by atoms with Crippen LogP contribution < -0.4 is 0 Å². The fourth-order valence-corrected chi connectivity index (χ4v) is 3.80. The maximum Gasteiger partial charge on any atom is 0.289 e. The molecule has 2 unspecified atom stereocenters. The molecule has 1 aromatic carbocycles. The molecule has 1 aliphatic heterocycles. The molecule has 0 N–H and O–H groups in total. The number of carbonyl (C=O) groups is 1. The summed E-state index contributed by atoms with van der Waals surface area (Å²) in [5, 5.41) is 0.790. The molecule has 6 heteroatoms. The van der Waals surface area contributed by atoms with Gasteiger partial charge in [-0.25, -0.2) is 4.98 Å². The van der Waals surface area contributed by atoms with E-state index in [2.05, 4.69) is 4.98 Å². The number of furan rings is 1. The van der Waals surface area contributed by atoms with E-state index < -0.39 is 0 Å². The number of para-hydroxylation sites is 1. The third kappa shape index (κ3) is 2.72. The topological polar surface area (TPSA) is 55.6 Å². The van der Waals surface area contributed by atoms with Crippen molar-refractivity contribution in [3.63, 3.8) is 0 Å². The molecule has 2 aromatic heterocycles. The van der Waals surface area contributed by atoms with Gasteiger partial charge in [0.05, 0.1) is 29.0 Å². The average Bonchev–Trinajstić information content (AvgIpc) is 3.22. The van der Waals surface area contributed by atoms with Crippen LogP contribution in [-0.2, 0) is 4.74 Å². The predicted octanol–water partition coefficient (Wildman–Crippen LogP) is 3.81. The summed E-state index contributed by atoms with van der Waals surface area (Å²) >= 11 is 1.56. The lowest BCUT2D eigenvalue weighted by molar-refractivity contribution is -0.0396. The Kier molecular flexibility index (Phi) is 3.86. The van der Waals surface area contributed by atoms with Gasteiger partial charge in [0.2, 0.25) is 0 Å². The van der Waals surface area contributed by atoms with E-state index in [0.717, 1.165) is 15.2 Å². The van der Waals surface area contributed by atoms with Crippen molar-refractivity contribution in [2.24, 2.45) is 0 Å². The minimum atomic E-state index is -0.0926. The van der Waals surface area contributed by atoms with Gasteiger partial charge in [-0.15, -0.1) is 11.3 Å². The third-order valence-corrected chi connectivity index (χ3v) is 5.24. The molecule has 1 amide bonds. The predicted molar refractivity (Wildman–Crippen MR) is 93.2 cm³/mol. The standard InChI is InChI=1S/C18H18N2O3S/c1-11-10-22-12(2)9-20(11)18(21)15-8-7-14(23-15)17-19-13-5-3-4-6-16(13)24-17/h3-8,11-12H,9-10H2,1-2H3. The minimum absolute atomic E-state index is 0.0452. The van der Waals surface area contributed by atoms with Crippen LogP contribution in [0.4, 0.5) is 0 Å². The van der Waals surface area contributed by atoms with Gasteiger partial charge in [0, 0.05) is 6.54 Å². The van der Waals surface area contributed by atoms with Crippen molar-refractivity contribution in [1.29, 1.82) is 0 Å². The quantitative estimate of drug-likeness (QED) is 0.711. The summed E-state index contributed by atoms with van der Waals surface area (Å²) in [6.45, 7) is 5.09. The first-order chi connectivity index (χ1) is 11.6. The van der Waals surface area contributed by atoms with Crippen LogP contribution in [0.3, 0.4) is 0 Å². The summed E-state index contributed by atoms with van der Waals surface area (Å²) in [6.07, 6.45) is 0.0452. The highest BCUT2D eigenvalue weighted by molar-refractivity contribution is 7.21. The molecule has 0 spiro atoms. The van der Waals surface area contributed by atoms with Gasteiger partial charge >= 0.3 is 0 Å². The van der Waals surface area contributed by atoms with Gasteiger partial charge in [0.25, 0.3) is 5.91 Å². The van der Waals surface area contributed by atoms with Crippen molar-refractivity contribution in [1.82, 2.24) is 9.88 Å². The van der Waals surface area contributed by atoms with Gasteiger partial charge < -0.3 is 14.1 Å². The summed E-state index contributed by atoms with van der Waals surface area (Å²) < 4.78 is 12.5. The number of fused-ring (bicyclic) bond motifs is 1. The monoisotopic (exact) mass is 342 g/mol. The summed E-state index contributed by atoms with van der Waals surface area (Å²) in [5.41, 5.74) is 0.942. The van der Waals surface area contributed by atoms with Crippen molar-refractivity contribution < 1.29 is 13.9 Å². The van der Waals surface area contributed by atoms with Crippen molar-refractivity contribution in [2.45, 2.75) is 26.0 Å². The second-order valence-electron chi connectivity index (χ2n) is 6.10. The van der Waals surface area contributed by atoms with Gasteiger partial charge in [0.1, 0.15) is 0 Å². The number of rotatable bonds is 2. The van der Waals surface area contributed by atoms with Crippen LogP contribution in [0.1, 0.15) is 24.4 Å². The molecular formula is C18H18N2O3S. The molecule has 0 radical (unpaired) electrons. The normalized spacial score (nSPS) is 21.3. The Balaban J connectivity index is 1.61. The Hall–Kier alpha value is -2.18. The lowest BCUT2D eigenvalue weighted by Crippen LogP contribution is -2.50. The third-order valence-electron chi connectivity index (χ3n) is 4.19. The highest BCUT2D eigenvalue weighted by atomic mass is 32.1. The maximum atomic E-state index is 12.7. The van der Waals surface area contributed by atoms with Crippen LogP contribution >= 0.6 is 11.3 Å². The van der Waals surface area contributed by atoms with Crippen LogP contribution in [0.5, 0.6) is 0 Å². The molecule has 1 aliphatic rings. The SMILES string of the molecule is CC1CN(C(=O)c2ccc(-c3nc4ccccc4s3)o2)C(C)CO1. The summed E-state index contributed by atoms with van der Waals surface area (Å²) in [6, 6.07) is 11.6. The van der Waals surface area contributed by atoms with E-state index in [1.54, 1.807) is 17.4 Å². The van der Waals surface area contributed by atoms with Crippen LogP contribution in [0.25, 0.3) is 21.0 Å². The Morgan fingerprint density at radius 2 is 2.08 bits per heavy atom. The molecule has 124 valence electrons. The van der Waals surface area contributed by atoms with E-state index in [1.165, 1.54) is 0 Å². The van der Waals surface area contributed by atoms with E-state index in [9.17, 15) is 4.79 Å². The Morgan fingerprint density at radius 3 is 2.92 bits per heavy atom. The van der Waals surface area contributed by atoms with Gasteiger partial charge in [-0.05, 0) is 38.1 Å². The Morgan fingerprint density at radius 1 is 1.25 bits per heavy atom. The van der Waals surface area contributed by atoms with Gasteiger partial charge in [-0.3, -0.25) is 4.79 Å². The lowest BCUT2D eigenvalue weighted by atomic mass is 10.2. The number of morpholine rings is 1. The number of ether oxygens (including phenoxy) is 1. The van der Waals surface area contributed by atoms with Gasteiger partial charge in [-0.2, -0.15) is 0 Å². The Labute approximate surface area is 143 Å². The summed E-state index contributed by atoms with van der Waals surface area (Å²) in [4.78, 5) is 19.1. The molecule has 0 saturated carbocycles. The minimum Gasteiger partial charge on any atom is -0.448 e. The molecule has 4 rings (SSSR count). The van der Waals surface area contributed by atoms with Gasteiger partial charge in [0.15, 0.2) is 16.5 Å². The number of nitrogens with zero attached hydrogens (tertiary/aromatic N) is 2. The first kappa shape index (κ1) is 15.4. The zero-order chi connectivity index (χ0) is 16.7. The largest absolute Gasteiger partial charge is 0.448 e. The second-order valence-corrected chi connectivity index (χ2v) is 7.13. The molecule has 3 aromatic rings. The highest BCUT2D eigenvalue weighted by Gasteiger charge is 2.30. The number of carbonyl (C=O) groups excluding carboxylic acids is 1. The number of hydrogen-bond donors (Lipinski definition) is 0. The van der Waals surface area contributed by atoms with E-state index in [-0.39, 0.29) is 18.1 Å². The fraction of sp³-hybridized carbons (Fsp3) is 0.333. The van der Waals surface area contributed by atoms with Crippen molar-refractivity contribution >= 4 is 27.5 Å². The highest BCUT2D eigenvalue weighted by Crippen LogP contribution is 2.31. The van der Waals surface area contributed by atoms with Crippen LogP contribution in [0.2, 0.25) is 0 Å². The fourth-order valence-electron chi connectivity index (χ4n) is 2.87. The molecule has 0 aliphatic carbocycles. The second kappa shape index (κ2) is 6.03. The summed E-state index contributed by atoms with van der Waals surface area (Å²) in [7, 11) is 0. The molecule has 1 fully saturated rings. The lowest BCUT2D eigenvalue weighted by Gasteiger charge is -2.36. The average molecular weight is 342 g/mol. The van der Waals surface area contributed by atoms with E-state index in [1.807, 2.05) is 49.1 Å².